The van der Waals surface area contributed by atoms with Crippen LogP contribution in [-0.4, -0.2) is 54.0 Å². The summed E-state index contributed by atoms with van der Waals surface area (Å²) in [6.07, 6.45) is 5.24. The molecule has 2 aliphatic heterocycles. The molecule has 28 heavy (non-hydrogen) atoms. The monoisotopic (exact) mass is 389 g/mol. The van der Waals surface area contributed by atoms with Gasteiger partial charge in [0.25, 0.3) is 11.6 Å². The van der Waals surface area contributed by atoms with Crippen molar-refractivity contribution in [3.05, 3.63) is 33.9 Å². The zero-order valence-electron chi connectivity index (χ0n) is 16.3. The van der Waals surface area contributed by atoms with E-state index in [0.717, 1.165) is 51.6 Å². The van der Waals surface area contributed by atoms with Gasteiger partial charge in [-0.2, -0.15) is 0 Å². The van der Waals surface area contributed by atoms with Crippen LogP contribution < -0.4 is 4.90 Å². The van der Waals surface area contributed by atoms with Crippen molar-refractivity contribution in [2.75, 3.05) is 31.1 Å². The number of hydrogen-bond acceptors (Lipinski definition) is 6. The summed E-state index contributed by atoms with van der Waals surface area (Å²) in [4.78, 5) is 39.6. The molecule has 2 fully saturated rings. The number of benzene rings is 1. The molecule has 152 valence electrons. The van der Waals surface area contributed by atoms with E-state index in [1.165, 1.54) is 6.07 Å². The van der Waals surface area contributed by atoms with Gasteiger partial charge in [-0.05, 0) is 44.7 Å². The fourth-order valence-corrected chi connectivity index (χ4v) is 3.85. The Balaban J connectivity index is 1.74. The zero-order valence-corrected chi connectivity index (χ0v) is 16.3. The van der Waals surface area contributed by atoms with Crippen LogP contribution in [0.1, 0.15) is 55.8 Å². The Morgan fingerprint density at radius 3 is 2.25 bits per heavy atom. The topological polar surface area (TPSA) is 93.0 Å². The summed E-state index contributed by atoms with van der Waals surface area (Å²) < 4.78 is 5.28. The predicted octanol–water partition coefficient (Wildman–Crippen LogP) is 3.14. The molecule has 0 radical (unpaired) electrons. The third-order valence-electron chi connectivity index (χ3n) is 5.40. The van der Waals surface area contributed by atoms with Crippen molar-refractivity contribution in [1.29, 1.82) is 0 Å². The standard InChI is InChI=1S/C20H27N3O5/c1-15(19(24)22-12-6-7-13-22)28-20(25)16-8-9-17(18(14-16)23(26)27)21-10-4-2-3-5-11-21/h8-9,14-15H,2-7,10-13H2,1H3. The molecule has 0 N–H and O–H groups in total. The van der Waals surface area contributed by atoms with Crippen LogP contribution in [0.15, 0.2) is 18.2 Å². The Labute approximate surface area is 164 Å². The van der Waals surface area contributed by atoms with Crippen molar-refractivity contribution in [2.24, 2.45) is 0 Å². The average molecular weight is 389 g/mol. The molecule has 1 atom stereocenters. The number of anilines is 1. The molecule has 0 spiro atoms. The number of nitrogens with zero attached hydrogens (tertiary/aromatic N) is 3. The van der Waals surface area contributed by atoms with Gasteiger partial charge < -0.3 is 14.5 Å². The Kier molecular flexibility index (Phi) is 6.49. The Hall–Kier alpha value is -2.64. The fraction of sp³-hybridized carbons (Fsp3) is 0.600. The van der Waals surface area contributed by atoms with E-state index in [2.05, 4.69) is 0 Å². The van der Waals surface area contributed by atoms with Crippen LogP contribution in [0.4, 0.5) is 11.4 Å². The maximum atomic E-state index is 12.5. The first-order valence-corrected chi connectivity index (χ1v) is 10.0. The minimum absolute atomic E-state index is 0.0892. The minimum Gasteiger partial charge on any atom is -0.449 e. The summed E-state index contributed by atoms with van der Waals surface area (Å²) in [5, 5.41) is 11.6. The van der Waals surface area contributed by atoms with Gasteiger partial charge in [0, 0.05) is 32.2 Å². The lowest BCUT2D eigenvalue weighted by molar-refractivity contribution is -0.384. The number of carbonyl (C=O) groups excluding carboxylic acids is 2. The molecule has 0 aliphatic carbocycles. The number of hydrogen-bond donors (Lipinski definition) is 0. The molecule has 8 nitrogen and oxygen atoms in total. The Morgan fingerprint density at radius 2 is 1.64 bits per heavy atom. The molecule has 1 unspecified atom stereocenters. The highest BCUT2D eigenvalue weighted by Crippen LogP contribution is 2.31. The third kappa shape index (κ3) is 4.61. The lowest BCUT2D eigenvalue weighted by Crippen LogP contribution is -2.38. The minimum atomic E-state index is -0.907. The van der Waals surface area contributed by atoms with Crippen LogP contribution in [0.2, 0.25) is 0 Å². The van der Waals surface area contributed by atoms with Gasteiger partial charge in [0.2, 0.25) is 0 Å². The van der Waals surface area contributed by atoms with E-state index >= 15 is 0 Å². The molecular formula is C20H27N3O5. The van der Waals surface area contributed by atoms with Crippen LogP contribution in [0.3, 0.4) is 0 Å². The number of nitro benzene ring substituents is 1. The van der Waals surface area contributed by atoms with Gasteiger partial charge in [-0.1, -0.05) is 12.8 Å². The SMILES string of the molecule is CC(OC(=O)c1ccc(N2CCCCCC2)c([N+](=O)[O-])c1)C(=O)N1CCCC1. The molecule has 0 saturated carbocycles. The third-order valence-corrected chi connectivity index (χ3v) is 5.40. The summed E-state index contributed by atoms with van der Waals surface area (Å²) in [7, 11) is 0. The van der Waals surface area contributed by atoms with Crippen LogP contribution in [0.5, 0.6) is 0 Å². The first-order valence-electron chi connectivity index (χ1n) is 10.0. The highest BCUT2D eigenvalue weighted by molar-refractivity contribution is 5.93. The number of amides is 1. The van der Waals surface area contributed by atoms with Crippen LogP contribution in [0.25, 0.3) is 0 Å². The van der Waals surface area contributed by atoms with Crippen molar-refractivity contribution in [3.63, 3.8) is 0 Å². The number of esters is 1. The first-order chi connectivity index (χ1) is 13.5. The largest absolute Gasteiger partial charge is 0.449 e. The lowest BCUT2D eigenvalue weighted by Gasteiger charge is -2.23. The maximum absolute atomic E-state index is 12.5. The van der Waals surface area contributed by atoms with Crippen LogP contribution in [0, 0.1) is 10.1 Å². The fourth-order valence-electron chi connectivity index (χ4n) is 3.85. The Bertz CT molecular complexity index is 737. The molecule has 2 aliphatic rings. The van der Waals surface area contributed by atoms with Gasteiger partial charge >= 0.3 is 5.97 Å². The predicted molar refractivity (Wildman–Crippen MR) is 104 cm³/mol. The van der Waals surface area contributed by atoms with Gasteiger partial charge in [0.1, 0.15) is 5.69 Å². The van der Waals surface area contributed by atoms with Gasteiger partial charge in [-0.3, -0.25) is 14.9 Å². The van der Waals surface area contributed by atoms with Gasteiger partial charge in [0.05, 0.1) is 10.5 Å². The molecule has 1 amide bonds. The molecule has 2 heterocycles. The van der Waals surface area contributed by atoms with E-state index in [4.69, 9.17) is 4.74 Å². The highest BCUT2D eigenvalue weighted by Gasteiger charge is 2.28. The summed E-state index contributed by atoms with van der Waals surface area (Å²) in [6, 6.07) is 4.42. The lowest BCUT2D eigenvalue weighted by atomic mass is 10.1. The second kappa shape index (κ2) is 9.03. The molecule has 1 aromatic carbocycles. The molecule has 8 heteroatoms. The van der Waals surface area contributed by atoms with E-state index in [1.807, 2.05) is 4.90 Å². The normalized spacial score (nSPS) is 18.5. The second-order valence-electron chi connectivity index (χ2n) is 7.44. The van der Waals surface area contributed by atoms with Crippen LogP contribution >= 0.6 is 0 Å². The van der Waals surface area contributed by atoms with E-state index in [1.54, 1.807) is 24.0 Å². The summed E-state index contributed by atoms with van der Waals surface area (Å²) in [6.45, 7) is 4.43. The van der Waals surface area contributed by atoms with Crippen molar-refractivity contribution in [3.8, 4) is 0 Å². The summed E-state index contributed by atoms with van der Waals surface area (Å²) in [5.74, 6) is -0.938. The maximum Gasteiger partial charge on any atom is 0.339 e. The molecule has 0 aromatic heterocycles. The van der Waals surface area contributed by atoms with Crippen molar-refractivity contribution >= 4 is 23.3 Å². The zero-order chi connectivity index (χ0) is 20.1. The smallest absolute Gasteiger partial charge is 0.339 e. The quantitative estimate of drug-likeness (QED) is 0.436. The molecular weight excluding hydrogens is 362 g/mol. The number of carbonyl (C=O) groups is 2. The van der Waals surface area contributed by atoms with Crippen molar-refractivity contribution < 1.29 is 19.2 Å². The number of rotatable bonds is 5. The first kappa shape index (κ1) is 20.1. The van der Waals surface area contributed by atoms with Crippen LogP contribution in [-0.2, 0) is 9.53 Å². The Morgan fingerprint density at radius 1 is 1.04 bits per heavy atom. The van der Waals surface area contributed by atoms with E-state index < -0.39 is 17.0 Å². The average Bonchev–Trinajstić information content (AvgIpc) is 3.09. The van der Waals surface area contributed by atoms with Crippen molar-refractivity contribution in [1.82, 2.24) is 4.90 Å². The summed E-state index contributed by atoms with van der Waals surface area (Å²) in [5.41, 5.74) is 0.519. The number of ether oxygens (including phenoxy) is 1. The highest BCUT2D eigenvalue weighted by atomic mass is 16.6. The van der Waals surface area contributed by atoms with Gasteiger partial charge in [-0.25, -0.2) is 4.79 Å². The number of likely N-dealkylation sites (tertiary alicyclic amines) is 1. The second-order valence-corrected chi connectivity index (χ2v) is 7.44. The molecule has 3 rings (SSSR count). The van der Waals surface area contributed by atoms with Gasteiger partial charge in [0.15, 0.2) is 6.10 Å². The molecule has 0 bridgehead atoms. The van der Waals surface area contributed by atoms with Gasteiger partial charge in [-0.15, -0.1) is 0 Å². The molecule has 2 saturated heterocycles. The number of nitro groups is 1. The van der Waals surface area contributed by atoms with Crippen molar-refractivity contribution in [2.45, 2.75) is 51.6 Å². The van der Waals surface area contributed by atoms with E-state index in [0.29, 0.717) is 18.8 Å². The van der Waals surface area contributed by atoms with E-state index in [9.17, 15) is 19.7 Å². The summed E-state index contributed by atoms with van der Waals surface area (Å²) >= 11 is 0. The molecule has 1 aromatic rings. The van der Waals surface area contributed by atoms with E-state index in [-0.39, 0.29) is 17.2 Å².